The highest BCUT2D eigenvalue weighted by molar-refractivity contribution is 7.13. The number of hydrogen-bond acceptors (Lipinski definition) is 15. The number of nitrogens with one attached hydrogen (secondary N) is 5. The Morgan fingerprint density at radius 3 is 2.28 bits per heavy atom. The fourth-order valence-corrected chi connectivity index (χ4v) is 11.7. The number of fused-ring (bicyclic) bond motifs is 1. The Hall–Kier alpha value is -7.75. The molecule has 6 N–H and O–H groups in total. The molecule has 0 radical (unpaired) electrons. The van der Waals surface area contributed by atoms with E-state index in [0.717, 1.165) is 97.0 Å². The quantitative estimate of drug-likeness (QED) is 0.0294. The number of aliphatic hydroxyl groups is 1. The van der Waals surface area contributed by atoms with E-state index in [1.807, 2.05) is 105 Å². The zero-order valence-corrected chi connectivity index (χ0v) is 47.7. The number of rotatable bonds is 22. The number of aliphatic hydroxyl groups excluding tert-OH is 1. The SMILES string of the molecule is C=CC(=O)N1CCC[C@H](n2c(Nc3ccccc3)nc3cnc(Nc4ccc(N5CCN(CC(=O)NCCCCCCC(=O)N[C@H](C(=O)N6C[C@H](O)C[C@H]6C(=O)NCc6ccc(-c7scnc7C)cc6)C(C)(C)C)CC5)cc4)nc32)C1. The molecule has 3 aliphatic heterocycles. The van der Waals surface area contributed by atoms with E-state index in [2.05, 4.69) is 69.6 Å². The highest BCUT2D eigenvalue weighted by Crippen LogP contribution is 2.33. The van der Waals surface area contributed by atoms with E-state index in [9.17, 15) is 29.1 Å². The zero-order chi connectivity index (χ0) is 57.0. The summed E-state index contributed by atoms with van der Waals surface area (Å²) in [6.45, 7) is 16.7. The van der Waals surface area contributed by atoms with Crippen molar-refractivity contribution in [1.29, 1.82) is 0 Å². The average molecular weight is 1120 g/mol. The fraction of sp³-hybridized carbons (Fsp3) is 0.450. The number of carbonyl (C=O) groups excluding carboxylic acids is 5. The molecular weight excluding hydrogens is 1040 g/mol. The topological polar surface area (TPSA) is 235 Å². The number of nitrogens with zero attached hydrogens (tertiary/aromatic N) is 9. The van der Waals surface area contributed by atoms with Gasteiger partial charge in [-0.2, -0.15) is 4.98 Å². The van der Waals surface area contributed by atoms with Gasteiger partial charge in [0, 0.05) is 88.8 Å². The van der Waals surface area contributed by atoms with Crippen LogP contribution in [0.25, 0.3) is 21.6 Å². The van der Waals surface area contributed by atoms with Crippen molar-refractivity contribution in [3.8, 4) is 10.4 Å². The van der Waals surface area contributed by atoms with Crippen LogP contribution in [0, 0.1) is 12.3 Å². The molecule has 81 heavy (non-hydrogen) atoms. The maximum atomic E-state index is 14.1. The summed E-state index contributed by atoms with van der Waals surface area (Å²) in [5, 5.41) is 26.4. The summed E-state index contributed by atoms with van der Waals surface area (Å²) in [6, 6.07) is 24.1. The average Bonchev–Trinajstić information content (AvgIpc) is 4.33. The molecule has 3 aromatic carbocycles. The number of β-amino-alcohol motifs (C(OH)–C–C–N with tert-alkyl or cyclic N) is 1. The predicted octanol–water partition coefficient (Wildman–Crippen LogP) is 7.09. The molecule has 3 aliphatic rings. The molecule has 3 aromatic heterocycles. The second-order valence-corrected chi connectivity index (χ2v) is 23.2. The lowest BCUT2D eigenvalue weighted by Gasteiger charge is -2.35. The van der Waals surface area contributed by atoms with Crippen LogP contribution in [0.4, 0.5) is 29.0 Å². The van der Waals surface area contributed by atoms with Crippen molar-refractivity contribution < 1.29 is 29.1 Å². The third kappa shape index (κ3) is 15.0. The number of amides is 5. The number of thiazole rings is 1. The van der Waals surface area contributed by atoms with Crippen molar-refractivity contribution >= 4 is 81.0 Å². The molecule has 21 heteroatoms. The number of para-hydroxylation sites is 1. The molecule has 3 saturated heterocycles. The molecule has 3 fully saturated rings. The Balaban J connectivity index is 0.669. The molecule has 6 aromatic rings. The number of likely N-dealkylation sites (tertiary alicyclic amines) is 2. The molecule has 20 nitrogen and oxygen atoms in total. The third-order valence-electron chi connectivity index (χ3n) is 15.3. The maximum absolute atomic E-state index is 14.1. The minimum absolute atomic E-state index is 0.00930. The lowest BCUT2D eigenvalue weighted by Crippen LogP contribution is -2.57. The molecule has 428 valence electrons. The second-order valence-electron chi connectivity index (χ2n) is 22.4. The lowest BCUT2D eigenvalue weighted by atomic mass is 9.85. The van der Waals surface area contributed by atoms with Gasteiger partial charge in [-0.1, -0.05) is 82.7 Å². The molecular formula is C60H76N14O6S. The van der Waals surface area contributed by atoms with Gasteiger partial charge < -0.3 is 46.4 Å². The summed E-state index contributed by atoms with van der Waals surface area (Å²) in [5.41, 5.74) is 8.22. The highest BCUT2D eigenvalue weighted by atomic mass is 32.1. The van der Waals surface area contributed by atoms with Gasteiger partial charge in [0.15, 0.2) is 5.65 Å². The largest absolute Gasteiger partial charge is 0.391 e. The smallest absolute Gasteiger partial charge is 0.246 e. The van der Waals surface area contributed by atoms with E-state index in [0.29, 0.717) is 55.7 Å². The first-order chi connectivity index (χ1) is 39.1. The molecule has 0 spiro atoms. The number of unbranched alkanes of at least 4 members (excludes halogenated alkanes) is 3. The van der Waals surface area contributed by atoms with Crippen molar-refractivity contribution in [3.05, 3.63) is 114 Å². The molecule has 0 bridgehead atoms. The van der Waals surface area contributed by atoms with Crippen LogP contribution in [-0.2, 0) is 30.5 Å². The first-order valence-electron chi connectivity index (χ1n) is 28.2. The van der Waals surface area contributed by atoms with Crippen molar-refractivity contribution in [2.45, 2.75) is 110 Å². The standard InChI is InChI=1S/C60H76N14O6S/c1-6-52(78)72-28-14-17-46(36-72)74-55-48(67-59(74)66-43-15-10-9-11-16-43)35-63-58(69-55)65-44-23-25-45(26-24-44)71-31-29-70(30-32-71)38-51(77)61-27-13-8-7-12-18-50(76)68-54(60(3,4)5)57(80)73-37-47(75)33-49(73)56(79)62-34-41-19-21-42(22-20-41)53-40(2)64-39-81-53/h6,9-11,15-16,19-26,35,39,46-47,49,54,75H,1,7-8,12-14,17-18,27-34,36-38H2,2-5H3,(H,61,77)(H,62,79)(H,66,67)(H,68,76)(H,63,65,69)/t46-,47+,49-,54+/m0/s1. The zero-order valence-electron chi connectivity index (χ0n) is 46.9. The number of anilines is 5. The second kappa shape index (κ2) is 26.7. The molecule has 5 amide bonds. The Kier molecular flexibility index (Phi) is 19.1. The van der Waals surface area contributed by atoms with Gasteiger partial charge >= 0.3 is 0 Å². The van der Waals surface area contributed by atoms with E-state index >= 15 is 0 Å². The summed E-state index contributed by atoms with van der Waals surface area (Å²) in [4.78, 5) is 94.1. The van der Waals surface area contributed by atoms with Crippen LogP contribution in [0.2, 0.25) is 0 Å². The number of aromatic nitrogens is 5. The maximum Gasteiger partial charge on any atom is 0.246 e. The predicted molar refractivity (Wildman–Crippen MR) is 316 cm³/mol. The van der Waals surface area contributed by atoms with Gasteiger partial charge in [-0.25, -0.2) is 15.0 Å². The van der Waals surface area contributed by atoms with Gasteiger partial charge in [-0.3, -0.25) is 33.4 Å². The number of aryl methyl sites for hydroxylation is 1. The van der Waals surface area contributed by atoms with Crippen molar-refractivity contribution in [2.24, 2.45) is 5.41 Å². The van der Waals surface area contributed by atoms with Gasteiger partial charge in [0.1, 0.15) is 17.6 Å². The summed E-state index contributed by atoms with van der Waals surface area (Å²) in [6.07, 6.45) is 7.33. The van der Waals surface area contributed by atoms with Crippen LogP contribution in [0.1, 0.15) is 89.4 Å². The monoisotopic (exact) mass is 1120 g/mol. The number of piperazine rings is 1. The van der Waals surface area contributed by atoms with E-state index in [4.69, 9.17) is 9.97 Å². The lowest BCUT2D eigenvalue weighted by molar-refractivity contribution is -0.144. The van der Waals surface area contributed by atoms with Gasteiger partial charge in [0.05, 0.1) is 41.0 Å². The Bertz CT molecular complexity index is 3140. The molecule has 0 aliphatic carbocycles. The van der Waals surface area contributed by atoms with Gasteiger partial charge in [-0.05, 0) is 91.6 Å². The Morgan fingerprint density at radius 1 is 0.827 bits per heavy atom. The van der Waals surface area contributed by atoms with Crippen LogP contribution in [0.5, 0.6) is 0 Å². The first-order valence-corrected chi connectivity index (χ1v) is 29.1. The number of hydrogen-bond donors (Lipinski definition) is 6. The van der Waals surface area contributed by atoms with Crippen LogP contribution >= 0.6 is 11.3 Å². The van der Waals surface area contributed by atoms with E-state index < -0.39 is 23.6 Å². The normalized spacial score (nSPS) is 18.1. The van der Waals surface area contributed by atoms with Crippen molar-refractivity contribution in [2.75, 3.05) is 74.4 Å². The summed E-state index contributed by atoms with van der Waals surface area (Å²) in [5.74, 6) is -0.00655. The van der Waals surface area contributed by atoms with Gasteiger partial charge in [0.2, 0.25) is 41.4 Å². The highest BCUT2D eigenvalue weighted by Gasteiger charge is 2.44. The summed E-state index contributed by atoms with van der Waals surface area (Å²) < 4.78 is 2.09. The Morgan fingerprint density at radius 2 is 1.57 bits per heavy atom. The molecule has 4 atom stereocenters. The number of carbonyl (C=O) groups is 5. The fourth-order valence-electron chi connectivity index (χ4n) is 10.8. The summed E-state index contributed by atoms with van der Waals surface area (Å²) in [7, 11) is 0. The van der Waals surface area contributed by atoms with Crippen LogP contribution < -0.4 is 31.5 Å². The van der Waals surface area contributed by atoms with Crippen LogP contribution in [0.15, 0.2) is 103 Å². The van der Waals surface area contributed by atoms with Crippen molar-refractivity contribution in [3.63, 3.8) is 0 Å². The summed E-state index contributed by atoms with van der Waals surface area (Å²) >= 11 is 1.58. The number of benzene rings is 3. The van der Waals surface area contributed by atoms with Gasteiger partial charge in [-0.15, -0.1) is 11.3 Å². The Labute approximate surface area is 477 Å². The van der Waals surface area contributed by atoms with E-state index in [-0.39, 0.29) is 61.5 Å². The van der Waals surface area contributed by atoms with Crippen molar-refractivity contribution in [1.82, 2.24) is 55.2 Å². The number of imidazole rings is 1. The van der Waals surface area contributed by atoms with Crippen LogP contribution in [-0.4, -0.2) is 151 Å². The molecule has 0 saturated carbocycles. The van der Waals surface area contributed by atoms with E-state index in [1.165, 1.54) is 11.0 Å². The third-order valence-corrected chi connectivity index (χ3v) is 16.3. The molecule has 6 heterocycles. The van der Waals surface area contributed by atoms with E-state index in [1.54, 1.807) is 17.5 Å². The molecule has 9 rings (SSSR count). The minimum atomic E-state index is -0.888. The minimum Gasteiger partial charge on any atom is -0.391 e. The molecule has 0 unspecified atom stereocenters. The number of piperidine rings is 1. The first kappa shape index (κ1) is 57.9. The van der Waals surface area contributed by atoms with Crippen LogP contribution in [0.3, 0.4) is 0 Å². The van der Waals surface area contributed by atoms with Gasteiger partial charge in [0.25, 0.3) is 0 Å².